The van der Waals surface area contributed by atoms with Crippen molar-refractivity contribution in [3.63, 3.8) is 0 Å². The molecule has 0 amide bonds. The number of fused-ring (bicyclic) bond motifs is 3. The van der Waals surface area contributed by atoms with Crippen LogP contribution in [0.3, 0.4) is 0 Å². The van der Waals surface area contributed by atoms with E-state index < -0.39 is 0 Å². The highest BCUT2D eigenvalue weighted by molar-refractivity contribution is 7.17. The van der Waals surface area contributed by atoms with Gasteiger partial charge in [-0.05, 0) is 29.1 Å². The third-order valence-corrected chi connectivity index (χ3v) is 4.55. The number of hydrogen-bond donors (Lipinski definition) is 2. The first kappa shape index (κ1) is 12.2. The Morgan fingerprint density at radius 2 is 1.81 bits per heavy atom. The Balaban J connectivity index is 2.27. The number of hydrogen-bond acceptors (Lipinski definition) is 3. The third-order valence-electron chi connectivity index (χ3n) is 3.63. The molecule has 3 nitrogen and oxygen atoms in total. The molecular weight excluding hydrogens is 282 g/mol. The van der Waals surface area contributed by atoms with Crippen LogP contribution in [0, 0.1) is 0 Å². The predicted octanol–water partition coefficient (Wildman–Crippen LogP) is 4.12. The van der Waals surface area contributed by atoms with Crippen LogP contribution in [0.15, 0.2) is 58.7 Å². The zero-order chi connectivity index (χ0) is 14.4. The fraction of sp³-hybridized carbons (Fsp3) is 0. The number of phenols is 1. The second-order valence-electron chi connectivity index (χ2n) is 4.87. The summed E-state index contributed by atoms with van der Waals surface area (Å²) in [6, 6.07) is 15.0. The van der Waals surface area contributed by atoms with Gasteiger partial charge in [0.15, 0.2) is 0 Å². The van der Waals surface area contributed by atoms with Gasteiger partial charge in [-0.25, -0.2) is 0 Å². The number of benzene rings is 2. The van der Waals surface area contributed by atoms with Crippen molar-refractivity contribution in [3.05, 3.63) is 64.3 Å². The van der Waals surface area contributed by atoms with Gasteiger partial charge >= 0.3 is 0 Å². The molecule has 0 spiro atoms. The van der Waals surface area contributed by atoms with Gasteiger partial charge in [0.1, 0.15) is 10.4 Å². The van der Waals surface area contributed by atoms with E-state index in [1.54, 1.807) is 12.1 Å². The van der Waals surface area contributed by atoms with Crippen molar-refractivity contribution in [2.45, 2.75) is 0 Å². The number of rotatable bonds is 1. The molecule has 2 heterocycles. The Morgan fingerprint density at radius 3 is 2.62 bits per heavy atom. The fourth-order valence-electron chi connectivity index (χ4n) is 2.73. The van der Waals surface area contributed by atoms with E-state index >= 15 is 0 Å². The molecule has 0 radical (unpaired) electrons. The van der Waals surface area contributed by atoms with Gasteiger partial charge in [-0.15, -0.1) is 11.3 Å². The van der Waals surface area contributed by atoms with E-state index in [9.17, 15) is 9.90 Å². The number of aromatic amines is 1. The van der Waals surface area contributed by atoms with E-state index in [1.165, 1.54) is 11.3 Å². The van der Waals surface area contributed by atoms with E-state index in [0.29, 0.717) is 4.70 Å². The molecule has 0 saturated carbocycles. The summed E-state index contributed by atoms with van der Waals surface area (Å²) in [6.45, 7) is 0. The van der Waals surface area contributed by atoms with Gasteiger partial charge in [0, 0.05) is 21.9 Å². The van der Waals surface area contributed by atoms with Gasteiger partial charge < -0.3 is 10.1 Å². The second-order valence-corrected chi connectivity index (χ2v) is 5.78. The number of thiophene rings is 1. The highest BCUT2D eigenvalue weighted by Gasteiger charge is 2.14. The Bertz CT molecular complexity index is 1020. The Hall–Kier alpha value is -2.59. The Morgan fingerprint density at radius 1 is 1.00 bits per heavy atom. The molecule has 102 valence electrons. The maximum atomic E-state index is 12.1. The molecule has 0 unspecified atom stereocenters. The molecule has 0 aliphatic rings. The molecule has 0 fully saturated rings. The number of phenolic OH excluding ortho intramolecular Hbond substituents is 1. The smallest absolute Gasteiger partial charge is 0.266 e. The lowest BCUT2D eigenvalue weighted by atomic mass is 9.97. The van der Waals surface area contributed by atoms with Crippen LogP contribution in [0.1, 0.15) is 0 Å². The summed E-state index contributed by atoms with van der Waals surface area (Å²) in [6.07, 6.45) is 0. The van der Waals surface area contributed by atoms with Crippen LogP contribution in [-0.2, 0) is 0 Å². The normalized spacial score (nSPS) is 11.2. The van der Waals surface area contributed by atoms with Crippen LogP contribution in [0.25, 0.3) is 32.1 Å². The predicted molar refractivity (Wildman–Crippen MR) is 87.1 cm³/mol. The number of H-pyrrole nitrogens is 1. The van der Waals surface area contributed by atoms with Gasteiger partial charge in [-0.2, -0.15) is 0 Å². The molecule has 4 heteroatoms. The molecule has 0 aliphatic carbocycles. The summed E-state index contributed by atoms with van der Waals surface area (Å²) in [4.78, 5) is 15.0. The Kier molecular flexibility index (Phi) is 2.59. The molecule has 4 rings (SSSR count). The summed E-state index contributed by atoms with van der Waals surface area (Å²) in [5.41, 5.74) is 2.34. The number of aromatic nitrogens is 1. The topological polar surface area (TPSA) is 53.1 Å². The standard InChI is InChI=1S/C17H11NO2S/c19-13-7-6-12-15(14(13)10-4-2-1-3-5-10)11-8-9-21-16(11)17(20)18-12/h1-9,19H,(H,18,20). The lowest BCUT2D eigenvalue weighted by Crippen LogP contribution is -2.04. The molecule has 21 heavy (non-hydrogen) atoms. The van der Waals surface area contributed by atoms with Crippen molar-refractivity contribution in [2.75, 3.05) is 0 Å². The van der Waals surface area contributed by atoms with E-state index in [-0.39, 0.29) is 11.3 Å². The molecule has 2 aromatic carbocycles. The fourth-order valence-corrected chi connectivity index (χ4v) is 3.53. The van der Waals surface area contributed by atoms with E-state index in [1.807, 2.05) is 41.8 Å². The first-order chi connectivity index (χ1) is 10.3. The minimum atomic E-state index is -0.0859. The van der Waals surface area contributed by atoms with Crippen molar-refractivity contribution in [2.24, 2.45) is 0 Å². The summed E-state index contributed by atoms with van der Waals surface area (Å²) < 4.78 is 0.685. The van der Waals surface area contributed by atoms with E-state index in [4.69, 9.17) is 0 Å². The van der Waals surface area contributed by atoms with Crippen molar-refractivity contribution in [3.8, 4) is 16.9 Å². The van der Waals surface area contributed by atoms with E-state index in [2.05, 4.69) is 4.98 Å². The van der Waals surface area contributed by atoms with Crippen LogP contribution in [-0.4, -0.2) is 10.1 Å². The van der Waals surface area contributed by atoms with Crippen LogP contribution in [0.5, 0.6) is 5.75 Å². The summed E-state index contributed by atoms with van der Waals surface area (Å²) in [5.74, 6) is 0.216. The highest BCUT2D eigenvalue weighted by Crippen LogP contribution is 2.39. The highest BCUT2D eigenvalue weighted by atomic mass is 32.1. The van der Waals surface area contributed by atoms with Crippen molar-refractivity contribution >= 4 is 32.3 Å². The second kappa shape index (κ2) is 4.46. The zero-order valence-corrected chi connectivity index (χ0v) is 11.8. The minimum Gasteiger partial charge on any atom is -0.507 e. The molecule has 0 atom stereocenters. The molecule has 0 aliphatic heterocycles. The maximum absolute atomic E-state index is 12.1. The third kappa shape index (κ3) is 1.76. The molecule has 0 bridgehead atoms. The number of aromatic hydroxyl groups is 1. The monoisotopic (exact) mass is 293 g/mol. The van der Waals surface area contributed by atoms with Crippen molar-refractivity contribution in [1.82, 2.24) is 4.98 Å². The average molecular weight is 293 g/mol. The Labute approximate surface area is 124 Å². The summed E-state index contributed by atoms with van der Waals surface area (Å²) in [7, 11) is 0. The van der Waals surface area contributed by atoms with Crippen LogP contribution in [0.4, 0.5) is 0 Å². The molecular formula is C17H11NO2S. The van der Waals surface area contributed by atoms with Gasteiger partial charge in [-0.1, -0.05) is 30.3 Å². The van der Waals surface area contributed by atoms with Crippen molar-refractivity contribution < 1.29 is 5.11 Å². The summed E-state index contributed by atoms with van der Waals surface area (Å²) >= 11 is 1.41. The van der Waals surface area contributed by atoms with Crippen molar-refractivity contribution in [1.29, 1.82) is 0 Å². The van der Waals surface area contributed by atoms with Gasteiger partial charge in [0.25, 0.3) is 5.56 Å². The molecule has 4 aromatic rings. The lowest BCUT2D eigenvalue weighted by Gasteiger charge is -2.10. The minimum absolute atomic E-state index is 0.0859. The molecule has 2 aromatic heterocycles. The van der Waals surface area contributed by atoms with Gasteiger partial charge in [0.05, 0.1) is 0 Å². The SMILES string of the molecule is O=c1[nH]c2ccc(O)c(-c3ccccc3)c2c2ccsc12. The van der Waals surface area contributed by atoms with Crippen LogP contribution >= 0.6 is 11.3 Å². The van der Waals surface area contributed by atoms with Crippen LogP contribution < -0.4 is 5.56 Å². The summed E-state index contributed by atoms with van der Waals surface area (Å²) in [5, 5.41) is 14.0. The number of pyridine rings is 1. The van der Waals surface area contributed by atoms with E-state index in [0.717, 1.165) is 27.4 Å². The first-order valence-corrected chi connectivity index (χ1v) is 7.44. The first-order valence-electron chi connectivity index (χ1n) is 6.56. The average Bonchev–Trinajstić information content (AvgIpc) is 2.99. The van der Waals surface area contributed by atoms with Crippen LogP contribution in [0.2, 0.25) is 0 Å². The molecule has 2 N–H and O–H groups in total. The molecule has 0 saturated heterocycles. The quantitative estimate of drug-likeness (QED) is 0.555. The van der Waals surface area contributed by atoms with Gasteiger partial charge in [-0.3, -0.25) is 4.79 Å². The van der Waals surface area contributed by atoms with Gasteiger partial charge in [0.2, 0.25) is 0 Å². The maximum Gasteiger partial charge on any atom is 0.266 e. The number of nitrogens with one attached hydrogen (secondary N) is 1. The largest absolute Gasteiger partial charge is 0.507 e. The zero-order valence-electron chi connectivity index (χ0n) is 11.0. The lowest BCUT2D eigenvalue weighted by molar-refractivity contribution is 0.478.